The Labute approximate surface area is 122 Å². The van der Waals surface area contributed by atoms with Crippen LogP contribution in [-0.2, 0) is 30.0 Å². The van der Waals surface area contributed by atoms with Crippen LogP contribution < -0.4 is 4.72 Å². The second-order valence-corrected chi connectivity index (χ2v) is 6.29. The zero-order valence-electron chi connectivity index (χ0n) is 11.7. The highest BCUT2D eigenvalue weighted by atomic mass is 32.2. The van der Waals surface area contributed by atoms with E-state index in [4.69, 9.17) is 5.11 Å². The minimum Gasteiger partial charge on any atom is -0.396 e. The van der Waals surface area contributed by atoms with Gasteiger partial charge in [-0.25, -0.2) is 13.1 Å². The third-order valence-corrected chi connectivity index (χ3v) is 4.33. The van der Waals surface area contributed by atoms with Crippen LogP contribution in [0.1, 0.15) is 12.2 Å². The van der Waals surface area contributed by atoms with Gasteiger partial charge in [0.15, 0.2) is 0 Å². The number of hydrogen-bond donors (Lipinski definition) is 2. The van der Waals surface area contributed by atoms with Gasteiger partial charge in [-0.2, -0.15) is 5.10 Å². The molecule has 21 heavy (non-hydrogen) atoms. The lowest BCUT2D eigenvalue weighted by Gasteiger charge is -2.04. The third kappa shape index (κ3) is 4.09. The van der Waals surface area contributed by atoms with E-state index in [2.05, 4.69) is 20.0 Å². The maximum atomic E-state index is 12.1. The Hall–Kier alpha value is -1.78. The molecule has 0 aromatic carbocycles. The molecular formula is C11H18N6O3S. The molecule has 0 atom stereocenters. The molecule has 116 valence electrons. The molecule has 0 aliphatic rings. The summed E-state index contributed by atoms with van der Waals surface area (Å²) in [6.45, 7) is 0.750. The fraction of sp³-hybridized carbons (Fsp3) is 0.545. The average Bonchev–Trinajstić information content (AvgIpc) is 3.06. The average molecular weight is 314 g/mol. The molecule has 2 aromatic rings. The molecule has 0 saturated heterocycles. The lowest BCUT2D eigenvalue weighted by Crippen LogP contribution is -2.26. The number of rotatable bonds is 8. The SMILES string of the molecule is Cn1cnnc1CCNS(=O)(=O)c1cnn(CCCO)c1. The maximum Gasteiger partial charge on any atom is 0.243 e. The Balaban J connectivity index is 1.92. The fourth-order valence-corrected chi connectivity index (χ4v) is 2.74. The maximum absolute atomic E-state index is 12.1. The van der Waals surface area contributed by atoms with Crippen molar-refractivity contribution in [3.63, 3.8) is 0 Å². The van der Waals surface area contributed by atoms with Crippen molar-refractivity contribution >= 4 is 10.0 Å². The Bertz CT molecular complexity index is 678. The topological polar surface area (TPSA) is 115 Å². The largest absolute Gasteiger partial charge is 0.396 e. The molecule has 0 bridgehead atoms. The van der Waals surface area contributed by atoms with Gasteiger partial charge in [-0.3, -0.25) is 4.68 Å². The van der Waals surface area contributed by atoms with Crippen LogP contribution >= 0.6 is 0 Å². The molecule has 9 nitrogen and oxygen atoms in total. The molecule has 0 radical (unpaired) electrons. The van der Waals surface area contributed by atoms with Gasteiger partial charge < -0.3 is 9.67 Å². The number of hydrogen-bond acceptors (Lipinski definition) is 6. The summed E-state index contributed by atoms with van der Waals surface area (Å²) in [5.74, 6) is 0.705. The van der Waals surface area contributed by atoms with Crippen LogP contribution in [-0.4, -0.2) is 51.2 Å². The van der Waals surface area contributed by atoms with Gasteiger partial charge in [0.25, 0.3) is 0 Å². The predicted molar refractivity (Wildman–Crippen MR) is 73.8 cm³/mol. The van der Waals surface area contributed by atoms with Gasteiger partial charge in [-0.05, 0) is 6.42 Å². The van der Waals surface area contributed by atoms with E-state index in [9.17, 15) is 8.42 Å². The molecule has 2 heterocycles. The minimum absolute atomic E-state index is 0.0396. The smallest absolute Gasteiger partial charge is 0.243 e. The summed E-state index contributed by atoms with van der Waals surface area (Å²) in [6.07, 6.45) is 5.28. The van der Waals surface area contributed by atoms with Crippen LogP contribution in [0.4, 0.5) is 0 Å². The third-order valence-electron chi connectivity index (χ3n) is 2.91. The van der Waals surface area contributed by atoms with Crippen LogP contribution in [0.2, 0.25) is 0 Å². The Morgan fingerprint density at radius 1 is 1.43 bits per heavy atom. The van der Waals surface area contributed by atoms with Crippen molar-refractivity contribution in [3.8, 4) is 0 Å². The molecular weight excluding hydrogens is 296 g/mol. The molecule has 10 heteroatoms. The zero-order valence-corrected chi connectivity index (χ0v) is 12.5. The summed E-state index contributed by atoms with van der Waals surface area (Å²) < 4.78 is 29.9. The summed E-state index contributed by atoms with van der Waals surface area (Å²) in [5, 5.41) is 20.3. The van der Waals surface area contributed by atoms with Gasteiger partial charge in [0.2, 0.25) is 10.0 Å². The number of aryl methyl sites for hydroxylation is 2. The first kappa shape index (κ1) is 15.6. The zero-order chi connectivity index (χ0) is 15.3. The number of aromatic nitrogens is 5. The normalized spacial score (nSPS) is 11.9. The van der Waals surface area contributed by atoms with Gasteiger partial charge in [-0.15, -0.1) is 10.2 Å². The molecule has 0 fully saturated rings. The van der Waals surface area contributed by atoms with Crippen LogP contribution in [0.3, 0.4) is 0 Å². The monoisotopic (exact) mass is 314 g/mol. The molecule has 0 aliphatic heterocycles. The van der Waals surface area contributed by atoms with Gasteiger partial charge in [0.1, 0.15) is 17.0 Å². The van der Waals surface area contributed by atoms with Crippen molar-refractivity contribution in [2.24, 2.45) is 7.05 Å². The molecule has 0 aliphatic carbocycles. The van der Waals surface area contributed by atoms with E-state index in [1.165, 1.54) is 17.1 Å². The van der Waals surface area contributed by atoms with E-state index < -0.39 is 10.0 Å². The van der Waals surface area contributed by atoms with Crippen molar-refractivity contribution in [2.45, 2.75) is 24.3 Å². The highest BCUT2D eigenvalue weighted by molar-refractivity contribution is 7.89. The predicted octanol–water partition coefficient (Wildman–Crippen LogP) is -1.08. The molecule has 0 unspecified atom stereocenters. The molecule has 2 N–H and O–H groups in total. The highest BCUT2D eigenvalue weighted by Gasteiger charge is 2.16. The fourth-order valence-electron chi connectivity index (χ4n) is 1.75. The summed E-state index contributed by atoms with van der Waals surface area (Å²) in [7, 11) is -1.78. The summed E-state index contributed by atoms with van der Waals surface area (Å²) in [4.78, 5) is 0.110. The van der Waals surface area contributed by atoms with Crippen molar-refractivity contribution in [1.29, 1.82) is 0 Å². The summed E-state index contributed by atoms with van der Waals surface area (Å²) in [5.41, 5.74) is 0. The van der Waals surface area contributed by atoms with Crippen molar-refractivity contribution in [2.75, 3.05) is 13.2 Å². The van der Waals surface area contributed by atoms with Crippen LogP contribution in [0.5, 0.6) is 0 Å². The second-order valence-electron chi connectivity index (χ2n) is 4.52. The van der Waals surface area contributed by atoms with Gasteiger partial charge >= 0.3 is 0 Å². The molecule has 2 rings (SSSR count). The first-order valence-electron chi connectivity index (χ1n) is 6.49. The van der Waals surface area contributed by atoms with E-state index >= 15 is 0 Å². The Morgan fingerprint density at radius 3 is 2.90 bits per heavy atom. The van der Waals surface area contributed by atoms with Gasteiger partial charge in [-0.1, -0.05) is 0 Å². The van der Waals surface area contributed by atoms with E-state index in [0.717, 1.165) is 0 Å². The summed E-state index contributed by atoms with van der Waals surface area (Å²) in [6, 6.07) is 0. The number of aliphatic hydroxyl groups excluding tert-OH is 1. The summed E-state index contributed by atoms with van der Waals surface area (Å²) >= 11 is 0. The first-order valence-corrected chi connectivity index (χ1v) is 7.97. The molecule has 0 amide bonds. The van der Waals surface area contributed by atoms with Crippen LogP contribution in [0.15, 0.2) is 23.6 Å². The molecule has 2 aromatic heterocycles. The minimum atomic E-state index is -3.58. The van der Waals surface area contributed by atoms with Crippen LogP contribution in [0.25, 0.3) is 0 Å². The van der Waals surface area contributed by atoms with Crippen molar-refractivity contribution < 1.29 is 13.5 Å². The van der Waals surface area contributed by atoms with Gasteiger partial charge in [0, 0.05) is 39.4 Å². The lowest BCUT2D eigenvalue weighted by molar-refractivity contribution is 0.277. The second kappa shape index (κ2) is 6.78. The number of sulfonamides is 1. The Kier molecular flexibility index (Phi) is 5.04. The number of aliphatic hydroxyl groups is 1. The van der Waals surface area contributed by atoms with Gasteiger partial charge in [0.05, 0.1) is 6.20 Å². The number of nitrogens with one attached hydrogen (secondary N) is 1. The highest BCUT2D eigenvalue weighted by Crippen LogP contribution is 2.07. The van der Waals surface area contributed by atoms with E-state index in [0.29, 0.717) is 25.2 Å². The van der Waals surface area contributed by atoms with E-state index in [1.807, 2.05) is 0 Å². The van der Waals surface area contributed by atoms with Crippen molar-refractivity contribution in [1.82, 2.24) is 29.3 Å². The molecule has 0 saturated carbocycles. The number of nitrogens with zero attached hydrogens (tertiary/aromatic N) is 5. The molecule has 0 spiro atoms. The standard InChI is InChI=1S/C11H18N6O3S/c1-16-9-12-15-11(16)3-4-14-21(19,20)10-7-13-17(8-10)5-2-6-18/h7-9,14,18H,2-6H2,1H3. The Morgan fingerprint density at radius 2 is 2.24 bits per heavy atom. The quantitative estimate of drug-likeness (QED) is 0.640. The first-order chi connectivity index (χ1) is 10.0. The van der Waals surface area contributed by atoms with E-state index in [1.54, 1.807) is 17.9 Å². The van der Waals surface area contributed by atoms with E-state index in [-0.39, 0.29) is 18.0 Å². The lowest BCUT2D eigenvalue weighted by atomic mass is 10.4. The van der Waals surface area contributed by atoms with Crippen molar-refractivity contribution in [3.05, 3.63) is 24.5 Å². The van der Waals surface area contributed by atoms with Crippen LogP contribution in [0, 0.1) is 0 Å².